The van der Waals surface area contributed by atoms with Gasteiger partial charge in [0.25, 0.3) is 0 Å². The van der Waals surface area contributed by atoms with Crippen LogP contribution in [0.15, 0.2) is 18.2 Å². The van der Waals surface area contributed by atoms with Gasteiger partial charge in [-0.3, -0.25) is 4.79 Å². The summed E-state index contributed by atoms with van der Waals surface area (Å²) in [6, 6.07) is 2.28. The highest BCUT2D eigenvalue weighted by Gasteiger charge is 1.97. The quantitative estimate of drug-likeness (QED) is 0.547. The van der Waals surface area contributed by atoms with E-state index in [0.717, 1.165) is 12.1 Å². The standard InChI is InChI=1S/C7H4F2O/c8-6-1-5(4-10)2-7(9)3-6/h1-4H/i4D. The molecule has 1 rings (SSSR count). The summed E-state index contributed by atoms with van der Waals surface area (Å²) in [5.74, 6) is -1.69. The fourth-order valence-electron chi connectivity index (χ4n) is 0.613. The Morgan fingerprint density at radius 1 is 1.30 bits per heavy atom. The van der Waals surface area contributed by atoms with Crippen molar-refractivity contribution in [1.29, 1.82) is 0 Å². The molecule has 0 amide bonds. The van der Waals surface area contributed by atoms with Crippen LogP contribution >= 0.6 is 0 Å². The molecular formula is C7H4F2O. The van der Waals surface area contributed by atoms with E-state index in [2.05, 4.69) is 0 Å². The van der Waals surface area contributed by atoms with Gasteiger partial charge in [0.1, 0.15) is 19.3 Å². The van der Waals surface area contributed by atoms with Gasteiger partial charge in [0.2, 0.25) is 0 Å². The van der Waals surface area contributed by atoms with Crippen molar-refractivity contribution >= 4 is 6.26 Å². The molecule has 1 nitrogen and oxygen atoms in total. The van der Waals surface area contributed by atoms with Crippen molar-refractivity contribution in [3.8, 4) is 0 Å². The lowest BCUT2D eigenvalue weighted by Crippen LogP contribution is -1.84. The number of carbonyl (C=O) groups is 1. The fourth-order valence-corrected chi connectivity index (χ4v) is 0.613. The zero-order valence-corrected chi connectivity index (χ0v) is 4.90. The van der Waals surface area contributed by atoms with Crippen molar-refractivity contribution < 1.29 is 14.9 Å². The highest BCUT2D eigenvalue weighted by molar-refractivity contribution is 5.74. The topological polar surface area (TPSA) is 17.1 Å². The Morgan fingerprint density at radius 3 is 2.20 bits per heavy atom. The zero-order valence-electron chi connectivity index (χ0n) is 5.90. The summed E-state index contributed by atoms with van der Waals surface area (Å²) in [5, 5.41) is 0. The predicted molar refractivity (Wildman–Crippen MR) is 31.7 cm³/mol. The van der Waals surface area contributed by atoms with Gasteiger partial charge in [-0.05, 0) is 12.1 Å². The van der Waals surface area contributed by atoms with E-state index in [0.29, 0.717) is 6.07 Å². The molecule has 0 unspecified atom stereocenters. The zero-order chi connectivity index (χ0) is 8.43. The Balaban J connectivity index is 3.19. The number of hydrogen-bond acceptors (Lipinski definition) is 1. The van der Waals surface area contributed by atoms with Crippen molar-refractivity contribution in [2.75, 3.05) is 0 Å². The molecule has 0 atom stereocenters. The van der Waals surface area contributed by atoms with E-state index in [4.69, 9.17) is 1.37 Å². The summed E-state index contributed by atoms with van der Waals surface area (Å²) >= 11 is 0. The van der Waals surface area contributed by atoms with Crippen molar-refractivity contribution in [3.05, 3.63) is 35.4 Å². The fraction of sp³-hybridized carbons (Fsp3) is 0. The first-order valence-electron chi connectivity index (χ1n) is 3.06. The molecule has 0 heterocycles. The van der Waals surface area contributed by atoms with Gasteiger partial charge >= 0.3 is 0 Å². The summed E-state index contributed by atoms with van der Waals surface area (Å²) < 4.78 is 31.2. The molecule has 0 bridgehead atoms. The van der Waals surface area contributed by atoms with E-state index >= 15 is 0 Å². The van der Waals surface area contributed by atoms with Crippen LogP contribution in [0.4, 0.5) is 8.78 Å². The molecule has 10 heavy (non-hydrogen) atoms. The molecule has 0 aromatic heterocycles. The van der Waals surface area contributed by atoms with Crippen LogP contribution in [0.1, 0.15) is 11.7 Å². The smallest absolute Gasteiger partial charge is 0.150 e. The minimum absolute atomic E-state index is 0.275. The van der Waals surface area contributed by atoms with Crippen LogP contribution in [0.25, 0.3) is 0 Å². The van der Waals surface area contributed by atoms with Crippen LogP contribution in [0, 0.1) is 11.6 Å². The molecule has 0 aliphatic carbocycles. The van der Waals surface area contributed by atoms with Crippen molar-refractivity contribution in [2.24, 2.45) is 0 Å². The first-order valence-corrected chi connectivity index (χ1v) is 2.56. The van der Waals surface area contributed by atoms with E-state index in [1.165, 1.54) is 0 Å². The number of carbonyl (C=O) groups excluding carboxylic acids is 1. The predicted octanol–water partition coefficient (Wildman–Crippen LogP) is 1.78. The van der Waals surface area contributed by atoms with Crippen molar-refractivity contribution in [2.45, 2.75) is 0 Å². The Hall–Kier alpha value is -1.25. The van der Waals surface area contributed by atoms with Crippen LogP contribution < -0.4 is 0 Å². The Morgan fingerprint density at radius 2 is 1.80 bits per heavy atom. The van der Waals surface area contributed by atoms with Crippen LogP contribution in [-0.2, 0) is 0 Å². The van der Waals surface area contributed by atoms with Crippen LogP contribution in [-0.4, -0.2) is 6.26 Å². The summed E-state index contributed by atoms with van der Waals surface area (Å²) in [6.07, 6.45) is -1.09. The normalized spacial score (nSPS) is 10.8. The van der Waals surface area contributed by atoms with Gasteiger partial charge in [0, 0.05) is 11.6 Å². The summed E-state index contributed by atoms with van der Waals surface area (Å²) in [6.45, 7) is 0. The summed E-state index contributed by atoms with van der Waals surface area (Å²) in [7, 11) is 0. The molecule has 0 aliphatic rings. The van der Waals surface area contributed by atoms with E-state index < -0.39 is 17.9 Å². The second-order valence-electron chi connectivity index (χ2n) is 1.76. The molecular weight excluding hydrogens is 138 g/mol. The number of aldehydes is 1. The maximum Gasteiger partial charge on any atom is 0.150 e. The molecule has 52 valence electrons. The SMILES string of the molecule is [2H]C(=O)c1cc(F)cc(F)c1. The Bertz CT molecular complexity index is 278. The molecule has 0 N–H and O–H groups in total. The molecule has 0 saturated heterocycles. The maximum absolute atomic E-state index is 12.3. The Kier molecular flexibility index (Phi) is 1.41. The van der Waals surface area contributed by atoms with Crippen LogP contribution in [0.3, 0.4) is 0 Å². The van der Waals surface area contributed by atoms with E-state index in [1.807, 2.05) is 0 Å². The molecule has 0 aliphatic heterocycles. The third-order valence-electron chi connectivity index (χ3n) is 0.980. The molecule has 1 aromatic carbocycles. The second-order valence-corrected chi connectivity index (χ2v) is 1.76. The molecule has 0 fully saturated rings. The monoisotopic (exact) mass is 143 g/mol. The third kappa shape index (κ3) is 1.37. The van der Waals surface area contributed by atoms with Gasteiger partial charge in [0.05, 0.1) is 0 Å². The highest BCUT2D eigenvalue weighted by atomic mass is 19.1. The van der Waals surface area contributed by atoms with Gasteiger partial charge in [-0.1, -0.05) is 0 Å². The highest BCUT2D eigenvalue weighted by Crippen LogP contribution is 2.04. The molecule has 0 saturated carbocycles. The number of halogens is 2. The maximum atomic E-state index is 12.3. The average molecular weight is 143 g/mol. The minimum Gasteiger partial charge on any atom is -0.298 e. The van der Waals surface area contributed by atoms with E-state index in [9.17, 15) is 13.6 Å². The number of hydrogen-bond donors (Lipinski definition) is 0. The first kappa shape index (κ1) is 5.53. The number of benzene rings is 1. The summed E-state index contributed by atoms with van der Waals surface area (Å²) in [5.41, 5.74) is -0.275. The lowest BCUT2D eigenvalue weighted by Gasteiger charge is -1.90. The van der Waals surface area contributed by atoms with Crippen LogP contribution in [0.5, 0.6) is 0 Å². The second kappa shape index (κ2) is 2.56. The molecule has 1 aromatic rings. The minimum atomic E-state index is -1.09. The first-order chi connectivity index (χ1) is 5.09. The van der Waals surface area contributed by atoms with E-state index in [1.54, 1.807) is 0 Å². The van der Waals surface area contributed by atoms with Crippen molar-refractivity contribution in [3.63, 3.8) is 0 Å². The van der Waals surface area contributed by atoms with Crippen molar-refractivity contribution in [1.82, 2.24) is 0 Å². The molecule has 0 spiro atoms. The molecule has 3 heteroatoms. The van der Waals surface area contributed by atoms with Crippen LogP contribution in [0.2, 0.25) is 0 Å². The average Bonchev–Trinajstić information content (AvgIpc) is 1.85. The Labute approximate surface area is 57.7 Å². The largest absolute Gasteiger partial charge is 0.298 e. The van der Waals surface area contributed by atoms with Gasteiger partial charge < -0.3 is 0 Å². The number of rotatable bonds is 1. The lowest BCUT2D eigenvalue weighted by molar-refractivity contribution is 0.112. The third-order valence-corrected chi connectivity index (χ3v) is 0.980. The van der Waals surface area contributed by atoms with Gasteiger partial charge in [0.15, 0.2) is 0 Å². The summed E-state index contributed by atoms with van der Waals surface area (Å²) in [4.78, 5) is 10.3. The van der Waals surface area contributed by atoms with E-state index in [-0.39, 0.29) is 5.56 Å². The van der Waals surface area contributed by atoms with Gasteiger partial charge in [-0.15, -0.1) is 0 Å². The lowest BCUT2D eigenvalue weighted by atomic mass is 10.2. The van der Waals surface area contributed by atoms with Gasteiger partial charge in [-0.2, -0.15) is 0 Å². The van der Waals surface area contributed by atoms with Gasteiger partial charge in [-0.25, -0.2) is 8.78 Å². The molecule has 0 radical (unpaired) electrons.